The molecule has 0 unspecified atom stereocenters. The van der Waals surface area contributed by atoms with Crippen molar-refractivity contribution in [1.82, 2.24) is 0 Å². The second-order valence-corrected chi connectivity index (χ2v) is 7.29. The van der Waals surface area contributed by atoms with Crippen molar-refractivity contribution in [2.75, 3.05) is 0 Å². The SMILES string of the molecule is Cc1ccc(S(=O)(=O)[O-])cc1.Cc1ccc(S(=O)(=O)[O-])cc1.[Li+].[Li+]. The quantitative estimate of drug-likeness (QED) is 0.398. The summed E-state index contributed by atoms with van der Waals surface area (Å²) in [5, 5.41) is 0. The minimum Gasteiger partial charge on any atom is -0.744 e. The molecule has 0 aliphatic carbocycles. The molecule has 0 bridgehead atoms. The second kappa shape index (κ2) is 10.4. The van der Waals surface area contributed by atoms with Gasteiger partial charge in [-0.3, -0.25) is 0 Å². The first-order valence-corrected chi connectivity index (χ1v) is 8.87. The molecule has 0 spiro atoms. The van der Waals surface area contributed by atoms with Crippen molar-refractivity contribution in [2.45, 2.75) is 23.6 Å². The zero-order chi connectivity index (χ0) is 17.0. The Kier molecular flexibility index (Phi) is 11.2. The van der Waals surface area contributed by atoms with Gasteiger partial charge < -0.3 is 9.11 Å². The standard InChI is InChI=1S/2C7H8O3S.2Li/c2*1-6-2-4-7(5-3-6)11(8,9)10;;/h2*2-5H,1H3,(H,8,9,10);;/q;;2*+1/p-2. The predicted octanol–water partition coefficient (Wildman–Crippen LogP) is -4.19. The van der Waals surface area contributed by atoms with Crippen LogP contribution in [0.2, 0.25) is 0 Å². The largest absolute Gasteiger partial charge is 1.00 e. The van der Waals surface area contributed by atoms with E-state index in [4.69, 9.17) is 0 Å². The van der Waals surface area contributed by atoms with Gasteiger partial charge in [0.25, 0.3) is 0 Å². The number of hydrogen-bond acceptors (Lipinski definition) is 6. The first kappa shape index (κ1) is 25.7. The maximum absolute atomic E-state index is 10.4. The van der Waals surface area contributed by atoms with Crippen LogP contribution in [-0.4, -0.2) is 25.9 Å². The molecule has 0 saturated carbocycles. The van der Waals surface area contributed by atoms with Crippen LogP contribution in [0.3, 0.4) is 0 Å². The van der Waals surface area contributed by atoms with Crippen molar-refractivity contribution in [1.29, 1.82) is 0 Å². The van der Waals surface area contributed by atoms with E-state index in [0.29, 0.717) is 0 Å². The van der Waals surface area contributed by atoms with Gasteiger partial charge in [0.1, 0.15) is 20.2 Å². The van der Waals surface area contributed by atoms with Crippen molar-refractivity contribution >= 4 is 20.2 Å². The van der Waals surface area contributed by atoms with Gasteiger partial charge in [-0.2, -0.15) is 0 Å². The predicted molar refractivity (Wildman–Crippen MR) is 78.3 cm³/mol. The van der Waals surface area contributed by atoms with Gasteiger partial charge >= 0.3 is 37.7 Å². The summed E-state index contributed by atoms with van der Waals surface area (Å²) < 4.78 is 62.3. The third-order valence-electron chi connectivity index (χ3n) is 2.62. The van der Waals surface area contributed by atoms with Crippen LogP contribution >= 0.6 is 0 Å². The summed E-state index contributed by atoms with van der Waals surface area (Å²) in [6.45, 7) is 3.64. The molecule has 10 heteroatoms. The van der Waals surface area contributed by atoms with Crippen LogP contribution in [0.5, 0.6) is 0 Å². The summed E-state index contributed by atoms with van der Waals surface area (Å²) in [5.74, 6) is 0. The maximum atomic E-state index is 10.4. The van der Waals surface area contributed by atoms with E-state index in [9.17, 15) is 25.9 Å². The Morgan fingerprint density at radius 3 is 0.958 bits per heavy atom. The van der Waals surface area contributed by atoms with Gasteiger partial charge in [-0.25, -0.2) is 16.8 Å². The Morgan fingerprint density at radius 1 is 0.583 bits per heavy atom. The minimum atomic E-state index is -4.27. The van der Waals surface area contributed by atoms with E-state index in [1.54, 1.807) is 24.3 Å². The van der Waals surface area contributed by atoms with E-state index >= 15 is 0 Å². The summed E-state index contributed by atoms with van der Waals surface area (Å²) in [6, 6.07) is 11.6. The Hall–Kier alpha value is -0.545. The molecule has 24 heavy (non-hydrogen) atoms. The molecule has 120 valence electrons. The zero-order valence-corrected chi connectivity index (χ0v) is 15.5. The number of hydrogen-bond donors (Lipinski definition) is 0. The van der Waals surface area contributed by atoms with E-state index < -0.39 is 20.2 Å². The topological polar surface area (TPSA) is 114 Å². The summed E-state index contributed by atoms with van der Waals surface area (Å²) in [4.78, 5) is -0.355. The summed E-state index contributed by atoms with van der Waals surface area (Å²) in [6.07, 6.45) is 0. The van der Waals surface area contributed by atoms with Crippen LogP contribution in [-0.2, 0) is 20.2 Å². The Bertz CT molecular complexity index is 756. The average Bonchev–Trinajstić information content (AvgIpc) is 2.38. The summed E-state index contributed by atoms with van der Waals surface area (Å²) in [7, 11) is -8.54. The molecule has 0 aromatic heterocycles. The molecule has 2 aromatic rings. The first-order chi connectivity index (χ1) is 10.00. The van der Waals surface area contributed by atoms with Gasteiger partial charge in [-0.05, 0) is 38.1 Å². The number of benzene rings is 2. The van der Waals surface area contributed by atoms with Crippen molar-refractivity contribution in [3.8, 4) is 0 Å². The molecule has 0 atom stereocenters. The molecule has 6 nitrogen and oxygen atoms in total. The van der Waals surface area contributed by atoms with Crippen LogP contribution in [0, 0.1) is 13.8 Å². The first-order valence-electron chi connectivity index (χ1n) is 6.05. The smallest absolute Gasteiger partial charge is 0.744 e. The van der Waals surface area contributed by atoms with Crippen molar-refractivity contribution in [3.63, 3.8) is 0 Å². The molecular formula is C14H14Li2O6S2. The van der Waals surface area contributed by atoms with E-state index in [1.807, 2.05) is 13.8 Å². The molecular weight excluding hydrogens is 342 g/mol. The van der Waals surface area contributed by atoms with Crippen LogP contribution in [0.25, 0.3) is 0 Å². The molecule has 0 heterocycles. The second-order valence-electron chi connectivity index (χ2n) is 4.53. The number of rotatable bonds is 2. The Labute approximate surface area is 166 Å². The normalized spacial score (nSPS) is 10.5. The van der Waals surface area contributed by atoms with Crippen molar-refractivity contribution in [2.24, 2.45) is 0 Å². The Morgan fingerprint density at radius 2 is 0.792 bits per heavy atom. The van der Waals surface area contributed by atoms with E-state index in [1.165, 1.54) is 24.3 Å². The molecule has 0 radical (unpaired) electrons. The van der Waals surface area contributed by atoms with E-state index in [0.717, 1.165) is 11.1 Å². The molecule has 0 aliphatic rings. The van der Waals surface area contributed by atoms with E-state index in [2.05, 4.69) is 0 Å². The van der Waals surface area contributed by atoms with Crippen molar-refractivity contribution < 1.29 is 63.7 Å². The summed E-state index contributed by atoms with van der Waals surface area (Å²) in [5.41, 5.74) is 1.86. The van der Waals surface area contributed by atoms with Gasteiger partial charge in [-0.15, -0.1) is 0 Å². The van der Waals surface area contributed by atoms with Gasteiger partial charge in [0, 0.05) is 0 Å². The van der Waals surface area contributed by atoms with Gasteiger partial charge in [-0.1, -0.05) is 35.4 Å². The molecule has 0 saturated heterocycles. The maximum Gasteiger partial charge on any atom is 1.00 e. The molecule has 0 fully saturated rings. The zero-order valence-electron chi connectivity index (χ0n) is 13.9. The van der Waals surface area contributed by atoms with E-state index in [-0.39, 0.29) is 47.5 Å². The average molecular weight is 356 g/mol. The molecule has 2 aromatic carbocycles. The molecule has 0 aliphatic heterocycles. The third-order valence-corrected chi connectivity index (χ3v) is 4.32. The molecule has 0 N–H and O–H groups in total. The van der Waals surface area contributed by atoms with Crippen LogP contribution in [0.4, 0.5) is 0 Å². The summed E-state index contributed by atoms with van der Waals surface area (Å²) >= 11 is 0. The monoisotopic (exact) mass is 356 g/mol. The molecule has 0 amide bonds. The van der Waals surface area contributed by atoms with Gasteiger partial charge in [0.05, 0.1) is 9.79 Å². The fourth-order valence-corrected chi connectivity index (χ4v) is 2.35. The Balaban J connectivity index is 0. The fourth-order valence-electron chi connectivity index (χ4n) is 1.41. The minimum absolute atomic E-state index is 0. The van der Waals surface area contributed by atoms with Gasteiger partial charge in [0.2, 0.25) is 0 Å². The number of aryl methyl sites for hydroxylation is 2. The third kappa shape index (κ3) is 9.07. The van der Waals surface area contributed by atoms with Crippen molar-refractivity contribution in [3.05, 3.63) is 59.7 Å². The van der Waals surface area contributed by atoms with Crippen LogP contribution < -0.4 is 37.7 Å². The van der Waals surface area contributed by atoms with Crippen LogP contribution in [0.15, 0.2) is 58.3 Å². The van der Waals surface area contributed by atoms with Gasteiger partial charge in [0.15, 0.2) is 0 Å². The fraction of sp³-hybridized carbons (Fsp3) is 0.143. The van der Waals surface area contributed by atoms with Crippen LogP contribution in [0.1, 0.15) is 11.1 Å². The molecule has 2 rings (SSSR count).